The number of fused-ring (bicyclic) bond motifs is 5. The lowest BCUT2D eigenvalue weighted by Crippen LogP contribution is -2.62. The fourth-order valence-electron chi connectivity index (χ4n) is 7.68. The van der Waals surface area contributed by atoms with Crippen LogP contribution in [0.5, 0.6) is 0 Å². The van der Waals surface area contributed by atoms with E-state index in [-0.39, 0.29) is 28.8 Å². The number of nitrogens with one attached hydrogen (secondary N) is 2. The van der Waals surface area contributed by atoms with Gasteiger partial charge in [-0.15, -0.1) is 0 Å². The molecule has 8 atom stereocenters. The van der Waals surface area contributed by atoms with Crippen LogP contribution in [0.25, 0.3) is 0 Å². The zero-order valence-electron chi connectivity index (χ0n) is 16.7. The largest absolute Gasteiger partial charge is 0.393 e. The Hall–Kier alpha value is -1.14. The number of nitrogens with two attached hydrogens (primary N) is 1. The number of guanidine groups is 1. The van der Waals surface area contributed by atoms with E-state index in [9.17, 15) is 10.2 Å². The summed E-state index contributed by atoms with van der Waals surface area (Å²) in [6.45, 7) is 4.69. The average molecular weight is 377 g/mol. The number of hydrazone groups is 1. The molecule has 0 radical (unpaired) electrons. The van der Waals surface area contributed by atoms with Crippen molar-refractivity contribution < 1.29 is 10.2 Å². The topological polar surface area (TPSA) is 115 Å². The van der Waals surface area contributed by atoms with Crippen LogP contribution in [0.15, 0.2) is 5.10 Å². The van der Waals surface area contributed by atoms with Gasteiger partial charge in [-0.25, -0.2) is 5.43 Å². The fourth-order valence-corrected chi connectivity index (χ4v) is 7.68. The molecule has 152 valence electrons. The standard InChI is InChI=1S/C21H36N4O2/c1-19-8-6-15(26)11-13(19)3-4-17-16(19)7-9-20(2)14(5-10-21(17,20)27)12-24-25-18(22)23/h12-17,26-27H,3-11H2,1-2H3,(H4,22,23,25)/b24-12+/t13-,14-,15+,16+,17-,19+,20-,21+/m1/s1. The van der Waals surface area contributed by atoms with E-state index in [0.29, 0.717) is 17.8 Å². The summed E-state index contributed by atoms with van der Waals surface area (Å²) in [4.78, 5) is 0. The summed E-state index contributed by atoms with van der Waals surface area (Å²) in [5, 5.41) is 33.6. The van der Waals surface area contributed by atoms with E-state index >= 15 is 0 Å². The molecule has 0 amide bonds. The summed E-state index contributed by atoms with van der Waals surface area (Å²) in [6.07, 6.45) is 10.9. The summed E-state index contributed by atoms with van der Waals surface area (Å²) < 4.78 is 0. The molecule has 0 aromatic rings. The van der Waals surface area contributed by atoms with Crippen LogP contribution in [-0.2, 0) is 0 Å². The van der Waals surface area contributed by atoms with Crippen molar-refractivity contribution in [3.8, 4) is 0 Å². The Labute approximate surface area is 162 Å². The lowest BCUT2D eigenvalue weighted by atomic mass is 9.43. The van der Waals surface area contributed by atoms with Gasteiger partial charge >= 0.3 is 0 Å². The van der Waals surface area contributed by atoms with Crippen LogP contribution in [0.2, 0.25) is 0 Å². The molecule has 27 heavy (non-hydrogen) atoms. The molecule has 0 aromatic heterocycles. The Bertz CT molecular complexity index is 640. The molecule has 0 aromatic carbocycles. The van der Waals surface area contributed by atoms with E-state index in [1.165, 1.54) is 0 Å². The number of aliphatic hydroxyl groups excluding tert-OH is 1. The molecule has 4 saturated carbocycles. The molecule has 0 saturated heterocycles. The Morgan fingerprint density at radius 2 is 1.89 bits per heavy atom. The molecule has 0 bridgehead atoms. The van der Waals surface area contributed by atoms with E-state index in [4.69, 9.17) is 11.1 Å². The highest BCUT2D eigenvalue weighted by Crippen LogP contribution is 2.68. The molecule has 4 fully saturated rings. The Morgan fingerprint density at radius 3 is 2.63 bits per heavy atom. The van der Waals surface area contributed by atoms with Gasteiger partial charge in [0.15, 0.2) is 0 Å². The van der Waals surface area contributed by atoms with Crippen LogP contribution >= 0.6 is 0 Å². The average Bonchev–Trinajstić information content (AvgIpc) is 2.87. The van der Waals surface area contributed by atoms with E-state index in [0.717, 1.165) is 57.8 Å². The number of rotatable bonds is 2. The number of hydrogen-bond donors (Lipinski definition) is 5. The van der Waals surface area contributed by atoms with Crippen LogP contribution < -0.4 is 11.2 Å². The molecular weight excluding hydrogens is 340 g/mol. The monoisotopic (exact) mass is 376 g/mol. The Morgan fingerprint density at radius 1 is 1.11 bits per heavy atom. The Balaban J connectivity index is 1.59. The zero-order valence-corrected chi connectivity index (χ0v) is 16.7. The van der Waals surface area contributed by atoms with Crippen molar-refractivity contribution in [1.29, 1.82) is 5.41 Å². The van der Waals surface area contributed by atoms with Gasteiger partial charge < -0.3 is 15.9 Å². The molecule has 4 aliphatic rings. The third-order valence-corrected chi connectivity index (χ3v) is 9.34. The molecule has 6 nitrogen and oxygen atoms in total. The molecule has 4 aliphatic carbocycles. The highest BCUT2D eigenvalue weighted by atomic mass is 16.3. The van der Waals surface area contributed by atoms with E-state index in [1.807, 2.05) is 6.21 Å². The van der Waals surface area contributed by atoms with Crippen molar-refractivity contribution in [2.75, 3.05) is 0 Å². The lowest BCUT2D eigenvalue weighted by Gasteiger charge is -2.63. The summed E-state index contributed by atoms with van der Waals surface area (Å²) in [6, 6.07) is 0. The maximum absolute atomic E-state index is 12.0. The van der Waals surface area contributed by atoms with Crippen LogP contribution in [0.3, 0.4) is 0 Å². The van der Waals surface area contributed by atoms with Gasteiger partial charge in [0.05, 0.1) is 11.7 Å². The van der Waals surface area contributed by atoms with Crippen molar-refractivity contribution in [2.24, 2.45) is 45.3 Å². The SMILES string of the molecule is C[C@]12CC[C@H](O)C[C@H]1CC[C@@H]1[C@@H]2CC[C@]2(C)[C@@H](/C=N/NC(=N)N)CC[C@]12O. The van der Waals surface area contributed by atoms with Crippen molar-refractivity contribution in [3.05, 3.63) is 0 Å². The normalized spacial score (nSPS) is 52.1. The predicted molar refractivity (Wildman–Crippen MR) is 106 cm³/mol. The number of hydrogen-bond acceptors (Lipinski definition) is 4. The smallest absolute Gasteiger partial charge is 0.206 e. The number of nitrogens with zero attached hydrogens (tertiary/aromatic N) is 1. The van der Waals surface area contributed by atoms with E-state index in [2.05, 4.69) is 24.4 Å². The Kier molecular flexibility index (Phi) is 4.58. The predicted octanol–water partition coefficient (Wildman–Crippen LogP) is 2.59. The van der Waals surface area contributed by atoms with Crippen LogP contribution in [0.4, 0.5) is 0 Å². The first kappa shape index (κ1) is 19.2. The molecular formula is C21H36N4O2. The number of aliphatic hydroxyl groups is 2. The molecule has 4 rings (SSSR count). The minimum absolute atomic E-state index is 0.127. The quantitative estimate of drug-likeness (QED) is 0.289. The lowest BCUT2D eigenvalue weighted by molar-refractivity contribution is -0.206. The molecule has 0 unspecified atom stereocenters. The van der Waals surface area contributed by atoms with Crippen molar-refractivity contribution in [2.45, 2.75) is 83.3 Å². The second-order valence-electron chi connectivity index (χ2n) is 10.3. The van der Waals surface area contributed by atoms with Gasteiger partial charge in [-0.1, -0.05) is 13.8 Å². The van der Waals surface area contributed by atoms with E-state index in [1.54, 1.807) is 0 Å². The van der Waals surface area contributed by atoms with Crippen molar-refractivity contribution >= 4 is 12.2 Å². The second-order valence-corrected chi connectivity index (χ2v) is 10.3. The van der Waals surface area contributed by atoms with Gasteiger partial charge in [0.1, 0.15) is 0 Å². The molecule has 0 aliphatic heterocycles. The third kappa shape index (κ3) is 2.74. The van der Waals surface area contributed by atoms with Crippen LogP contribution in [0.1, 0.15) is 71.6 Å². The third-order valence-electron chi connectivity index (χ3n) is 9.34. The highest BCUT2D eigenvalue weighted by Gasteiger charge is 2.66. The van der Waals surface area contributed by atoms with Gasteiger partial charge in [-0.3, -0.25) is 5.41 Å². The first-order chi connectivity index (χ1) is 12.7. The molecule has 6 N–H and O–H groups in total. The van der Waals surface area contributed by atoms with Gasteiger partial charge in [-0.05, 0) is 81.0 Å². The van der Waals surface area contributed by atoms with Gasteiger partial charge in [0.2, 0.25) is 5.96 Å². The maximum atomic E-state index is 12.0. The summed E-state index contributed by atoms with van der Waals surface area (Å²) in [5.74, 6) is 1.59. The first-order valence-electron chi connectivity index (χ1n) is 10.7. The highest BCUT2D eigenvalue weighted by molar-refractivity contribution is 5.75. The fraction of sp³-hybridized carbons (Fsp3) is 0.905. The first-order valence-corrected chi connectivity index (χ1v) is 10.7. The summed E-state index contributed by atoms with van der Waals surface area (Å²) in [5.41, 5.74) is 7.33. The van der Waals surface area contributed by atoms with Gasteiger partial charge in [-0.2, -0.15) is 5.10 Å². The summed E-state index contributed by atoms with van der Waals surface area (Å²) >= 11 is 0. The van der Waals surface area contributed by atoms with Gasteiger partial charge in [0, 0.05) is 17.5 Å². The van der Waals surface area contributed by atoms with E-state index < -0.39 is 5.60 Å². The second kappa shape index (κ2) is 6.45. The zero-order chi connectivity index (χ0) is 19.4. The van der Waals surface area contributed by atoms with Crippen LogP contribution in [0, 0.1) is 39.9 Å². The van der Waals surface area contributed by atoms with Crippen molar-refractivity contribution in [1.82, 2.24) is 5.43 Å². The molecule has 0 spiro atoms. The minimum atomic E-state index is -0.632. The van der Waals surface area contributed by atoms with Crippen molar-refractivity contribution in [3.63, 3.8) is 0 Å². The van der Waals surface area contributed by atoms with Crippen LogP contribution in [-0.4, -0.2) is 34.1 Å². The van der Waals surface area contributed by atoms with Gasteiger partial charge in [0.25, 0.3) is 0 Å². The minimum Gasteiger partial charge on any atom is -0.393 e. The molecule has 6 heteroatoms. The summed E-state index contributed by atoms with van der Waals surface area (Å²) in [7, 11) is 0. The molecule has 0 heterocycles. The maximum Gasteiger partial charge on any atom is 0.206 e.